The molecule has 1 saturated heterocycles. The highest BCUT2D eigenvalue weighted by Gasteiger charge is 2.37. The van der Waals surface area contributed by atoms with Gasteiger partial charge in [-0.2, -0.15) is 9.23 Å². The van der Waals surface area contributed by atoms with Crippen LogP contribution in [0.2, 0.25) is 5.02 Å². The zero-order valence-electron chi connectivity index (χ0n) is 24.1. The number of amides is 1. The average molecular weight is 643 g/mol. The van der Waals surface area contributed by atoms with Crippen LogP contribution in [0.15, 0.2) is 101 Å². The predicted molar refractivity (Wildman–Crippen MR) is 169 cm³/mol. The van der Waals surface area contributed by atoms with Crippen LogP contribution in [0.5, 0.6) is 5.75 Å². The summed E-state index contributed by atoms with van der Waals surface area (Å²) >= 11 is 6.39. The minimum atomic E-state index is -4.47. The number of piperazine rings is 1. The van der Waals surface area contributed by atoms with Crippen molar-refractivity contribution in [2.24, 2.45) is 0 Å². The summed E-state index contributed by atoms with van der Waals surface area (Å²) in [5.74, 6) is -0.0400. The first kappa shape index (κ1) is 29.9. The number of para-hydroxylation sites is 1. The fourth-order valence-electron chi connectivity index (χ4n) is 5.64. The van der Waals surface area contributed by atoms with Gasteiger partial charge in [-0.3, -0.25) is 14.3 Å². The molecule has 228 valence electrons. The van der Waals surface area contributed by atoms with Crippen molar-refractivity contribution in [3.63, 3.8) is 0 Å². The first-order valence-corrected chi connectivity index (χ1v) is 15.8. The summed E-state index contributed by atoms with van der Waals surface area (Å²) in [5.41, 5.74) is 0.893. The molecule has 5 aromatic rings. The van der Waals surface area contributed by atoms with Gasteiger partial charge in [-0.15, -0.1) is 0 Å². The molecular formula is C32H27ClN6O5S. The summed E-state index contributed by atoms with van der Waals surface area (Å²) in [6.07, 6.45) is 3.42. The summed E-state index contributed by atoms with van der Waals surface area (Å²) in [6, 6.07) is 21.0. The van der Waals surface area contributed by atoms with Crippen LogP contribution in [0.4, 0.5) is 5.69 Å². The zero-order valence-corrected chi connectivity index (χ0v) is 25.6. The van der Waals surface area contributed by atoms with Gasteiger partial charge in [-0.25, -0.2) is 13.2 Å². The van der Waals surface area contributed by atoms with Gasteiger partial charge in [0.15, 0.2) is 0 Å². The Morgan fingerprint density at radius 1 is 0.956 bits per heavy atom. The Bertz CT molecular complexity index is 2100. The van der Waals surface area contributed by atoms with Crippen molar-refractivity contribution >= 4 is 44.3 Å². The number of hydrogen-bond donors (Lipinski definition) is 0. The van der Waals surface area contributed by atoms with E-state index >= 15 is 0 Å². The molecule has 0 radical (unpaired) electrons. The lowest BCUT2D eigenvalue weighted by atomic mass is 10.0. The van der Waals surface area contributed by atoms with Gasteiger partial charge in [0.1, 0.15) is 11.8 Å². The molecule has 0 bridgehead atoms. The second-order valence-corrected chi connectivity index (χ2v) is 12.6. The van der Waals surface area contributed by atoms with Gasteiger partial charge in [0, 0.05) is 54.8 Å². The van der Waals surface area contributed by atoms with Crippen molar-refractivity contribution in [2.75, 3.05) is 38.2 Å². The Labute approximate surface area is 264 Å². The monoisotopic (exact) mass is 642 g/mol. The summed E-state index contributed by atoms with van der Waals surface area (Å²) in [7, 11) is -3.01. The van der Waals surface area contributed by atoms with Crippen LogP contribution in [-0.4, -0.2) is 66.0 Å². The lowest BCUT2D eigenvalue weighted by molar-refractivity contribution is -0.133. The third-order valence-electron chi connectivity index (χ3n) is 7.86. The first-order valence-electron chi connectivity index (χ1n) is 14.0. The highest BCUT2D eigenvalue weighted by Crippen LogP contribution is 2.33. The van der Waals surface area contributed by atoms with Crippen LogP contribution in [0, 0.1) is 11.3 Å². The van der Waals surface area contributed by atoms with Gasteiger partial charge in [0.2, 0.25) is 0 Å². The van der Waals surface area contributed by atoms with E-state index in [1.807, 2.05) is 18.2 Å². The minimum absolute atomic E-state index is 0.0453. The molecule has 45 heavy (non-hydrogen) atoms. The second-order valence-electron chi connectivity index (χ2n) is 10.4. The number of nitriles is 1. The van der Waals surface area contributed by atoms with Crippen LogP contribution < -0.4 is 15.3 Å². The number of rotatable bonds is 7. The van der Waals surface area contributed by atoms with Crippen molar-refractivity contribution < 1.29 is 17.9 Å². The molecule has 1 atom stereocenters. The zero-order chi connectivity index (χ0) is 31.7. The molecule has 3 heterocycles. The third kappa shape index (κ3) is 5.41. The number of anilines is 1. The molecule has 13 heteroatoms. The number of nitrogens with zero attached hydrogens (tertiary/aromatic N) is 6. The average Bonchev–Trinajstić information content (AvgIpc) is 3.36. The Morgan fingerprint density at radius 2 is 1.64 bits per heavy atom. The molecule has 2 aromatic heterocycles. The predicted octanol–water partition coefficient (Wildman–Crippen LogP) is 3.91. The van der Waals surface area contributed by atoms with Crippen LogP contribution in [0.25, 0.3) is 11.0 Å². The third-order valence-corrected chi connectivity index (χ3v) is 9.80. The minimum Gasteiger partial charge on any atom is -0.496 e. The number of aromatic nitrogens is 3. The maximum atomic E-state index is 14.6. The largest absolute Gasteiger partial charge is 0.496 e. The second kappa shape index (κ2) is 12.1. The van der Waals surface area contributed by atoms with Crippen LogP contribution >= 0.6 is 11.6 Å². The Hall–Kier alpha value is -5.12. The van der Waals surface area contributed by atoms with Crippen molar-refractivity contribution in [3.8, 4) is 11.8 Å². The molecule has 0 saturated carbocycles. The number of fused-ring (bicyclic) bond motifs is 1. The molecule has 6 rings (SSSR count). The Morgan fingerprint density at radius 3 is 2.31 bits per heavy atom. The van der Waals surface area contributed by atoms with Crippen LogP contribution in [-0.2, 0) is 14.8 Å². The van der Waals surface area contributed by atoms with E-state index in [-0.39, 0.29) is 26.5 Å². The van der Waals surface area contributed by atoms with E-state index in [9.17, 15) is 23.3 Å². The fourth-order valence-corrected chi connectivity index (χ4v) is 7.21. The van der Waals surface area contributed by atoms with Crippen LogP contribution in [0.3, 0.4) is 0 Å². The van der Waals surface area contributed by atoms with E-state index in [2.05, 4.69) is 9.88 Å². The fraction of sp³-hybridized carbons (Fsp3) is 0.188. The van der Waals surface area contributed by atoms with Crippen molar-refractivity contribution in [1.29, 1.82) is 5.26 Å². The number of hydrogen-bond acceptors (Lipinski definition) is 8. The molecule has 1 aliphatic rings. The molecule has 0 N–H and O–H groups in total. The van der Waals surface area contributed by atoms with E-state index in [1.165, 1.54) is 54.1 Å². The lowest BCUT2D eigenvalue weighted by Gasteiger charge is -2.37. The first-order chi connectivity index (χ1) is 21.7. The normalized spacial score (nSPS) is 14.2. The number of methoxy groups -OCH3 is 1. The van der Waals surface area contributed by atoms with E-state index in [4.69, 9.17) is 16.3 Å². The van der Waals surface area contributed by atoms with Gasteiger partial charge < -0.3 is 14.5 Å². The molecule has 0 aliphatic carbocycles. The molecule has 1 fully saturated rings. The molecule has 1 amide bonds. The molecule has 1 unspecified atom stereocenters. The maximum Gasteiger partial charge on any atom is 0.344 e. The Kier molecular flexibility index (Phi) is 8.05. The smallest absolute Gasteiger partial charge is 0.344 e. The van der Waals surface area contributed by atoms with Crippen LogP contribution in [0.1, 0.15) is 17.2 Å². The van der Waals surface area contributed by atoms with Crippen molar-refractivity contribution in [1.82, 2.24) is 18.4 Å². The van der Waals surface area contributed by atoms with Crippen molar-refractivity contribution in [3.05, 3.63) is 118 Å². The summed E-state index contributed by atoms with van der Waals surface area (Å²) in [6.45, 7) is 1.82. The number of pyridine rings is 1. The number of imidazole rings is 1. The maximum absolute atomic E-state index is 14.6. The van der Waals surface area contributed by atoms with E-state index in [1.54, 1.807) is 41.6 Å². The van der Waals surface area contributed by atoms with Gasteiger partial charge in [0.05, 0.1) is 34.7 Å². The van der Waals surface area contributed by atoms with Gasteiger partial charge in [-0.1, -0.05) is 29.8 Å². The van der Waals surface area contributed by atoms with Gasteiger partial charge >= 0.3 is 5.69 Å². The molecule has 11 nitrogen and oxygen atoms in total. The quantitative estimate of drug-likeness (QED) is 0.261. The van der Waals surface area contributed by atoms with Crippen molar-refractivity contribution in [2.45, 2.75) is 10.9 Å². The number of carbonyl (C=O) groups excluding carboxylic acids is 1. The highest BCUT2D eigenvalue weighted by atomic mass is 35.5. The number of ether oxygens (including phenoxy) is 1. The number of carbonyl (C=O) groups is 1. The van der Waals surface area contributed by atoms with E-state index in [0.29, 0.717) is 41.5 Å². The number of halogens is 1. The summed E-state index contributed by atoms with van der Waals surface area (Å²) in [4.78, 5) is 36.7. The summed E-state index contributed by atoms with van der Waals surface area (Å²) < 4.78 is 35.5. The van der Waals surface area contributed by atoms with Gasteiger partial charge in [-0.05, 0) is 60.7 Å². The molecule has 1 aliphatic heterocycles. The van der Waals surface area contributed by atoms with Gasteiger partial charge in [0.25, 0.3) is 15.9 Å². The van der Waals surface area contributed by atoms with E-state index in [0.717, 1.165) is 5.69 Å². The molecule has 0 spiro atoms. The highest BCUT2D eigenvalue weighted by molar-refractivity contribution is 7.90. The number of benzene rings is 3. The topological polar surface area (TPSA) is 131 Å². The Balaban J connectivity index is 1.51. The molecular weight excluding hydrogens is 616 g/mol. The summed E-state index contributed by atoms with van der Waals surface area (Å²) in [5, 5.41) is 9.44. The SMILES string of the molecule is COc1ccccc1C(C(=O)N1CCN(c2ccncc2)CC1)n1c(=O)n(S(=O)(=O)c2ccc(C#N)cc2)c2ccc(Cl)cc21. The standard InChI is InChI=1S/C32H27ClN6O5S/c1-44-29-5-3-2-4-26(29)30(31(40)37-18-16-36(17-19-37)24-12-14-35-15-13-24)38-28-20-23(33)8-11-27(28)39(32(38)41)45(42,43)25-9-6-22(21-34)7-10-25/h2-15,20,30H,16-19H2,1H3. The molecule has 3 aromatic carbocycles. The van der Waals surface area contributed by atoms with E-state index < -0.39 is 27.7 Å². The lowest BCUT2D eigenvalue weighted by Crippen LogP contribution is -2.51.